The van der Waals surface area contributed by atoms with Crippen molar-refractivity contribution in [2.75, 3.05) is 6.54 Å². The monoisotopic (exact) mass is 343 g/mol. The Balaban J connectivity index is 1.80. The lowest BCUT2D eigenvalue weighted by molar-refractivity contribution is 0.306. The summed E-state index contributed by atoms with van der Waals surface area (Å²) < 4.78 is 18.5. The second kappa shape index (κ2) is 9.42. The molecule has 0 aliphatic carbocycles. The van der Waals surface area contributed by atoms with Gasteiger partial charge in [-0.1, -0.05) is 18.2 Å². The molecule has 0 fully saturated rings. The predicted molar refractivity (Wildman–Crippen MR) is 98.7 cm³/mol. The van der Waals surface area contributed by atoms with Gasteiger partial charge in [0.2, 0.25) is 0 Å². The standard InChI is InChI=1S/C18H18FN3OS/c1-2-11-20-18(24)22-21-12-14-5-9-17(10-6-14)23-13-15-3-7-16(19)8-4-15/h2-10,12H,1,11,13H2,(H2,20,22,24). The van der Waals surface area contributed by atoms with Crippen molar-refractivity contribution in [1.29, 1.82) is 0 Å². The average molecular weight is 343 g/mol. The minimum Gasteiger partial charge on any atom is -0.489 e. The number of hydrazone groups is 1. The molecule has 0 amide bonds. The molecule has 0 aromatic heterocycles. The molecule has 0 saturated heterocycles. The molecule has 0 radical (unpaired) electrons. The van der Waals surface area contributed by atoms with Gasteiger partial charge >= 0.3 is 0 Å². The van der Waals surface area contributed by atoms with Gasteiger partial charge in [-0.3, -0.25) is 5.43 Å². The van der Waals surface area contributed by atoms with Gasteiger partial charge < -0.3 is 10.1 Å². The minimum absolute atomic E-state index is 0.254. The molecule has 0 spiro atoms. The minimum atomic E-state index is -0.254. The first kappa shape index (κ1) is 17.6. The summed E-state index contributed by atoms with van der Waals surface area (Å²) in [5, 5.41) is 7.38. The van der Waals surface area contributed by atoms with Crippen LogP contribution in [-0.2, 0) is 6.61 Å². The lowest BCUT2D eigenvalue weighted by atomic mass is 10.2. The van der Waals surface area contributed by atoms with Crippen LogP contribution in [0.4, 0.5) is 4.39 Å². The van der Waals surface area contributed by atoms with Crippen LogP contribution in [0.1, 0.15) is 11.1 Å². The van der Waals surface area contributed by atoms with Crippen LogP contribution >= 0.6 is 12.2 Å². The molecule has 0 bridgehead atoms. The van der Waals surface area contributed by atoms with E-state index in [4.69, 9.17) is 17.0 Å². The van der Waals surface area contributed by atoms with Gasteiger partial charge in [0, 0.05) is 6.54 Å². The van der Waals surface area contributed by atoms with E-state index in [0.29, 0.717) is 18.3 Å². The van der Waals surface area contributed by atoms with Crippen molar-refractivity contribution >= 4 is 23.5 Å². The number of benzene rings is 2. The molecular formula is C18H18FN3OS. The molecule has 0 heterocycles. The Morgan fingerprint density at radius 2 is 1.88 bits per heavy atom. The number of thiocarbonyl (C=S) groups is 1. The molecule has 6 heteroatoms. The van der Waals surface area contributed by atoms with E-state index < -0.39 is 0 Å². The van der Waals surface area contributed by atoms with Crippen molar-refractivity contribution in [3.05, 3.63) is 78.1 Å². The fourth-order valence-corrected chi connectivity index (χ4v) is 1.90. The zero-order valence-corrected chi connectivity index (χ0v) is 13.9. The van der Waals surface area contributed by atoms with Gasteiger partial charge in [-0.25, -0.2) is 4.39 Å². The quantitative estimate of drug-likeness (QED) is 0.350. The van der Waals surface area contributed by atoms with Crippen molar-refractivity contribution in [3.63, 3.8) is 0 Å². The van der Waals surface area contributed by atoms with E-state index >= 15 is 0 Å². The fraction of sp³-hybridized carbons (Fsp3) is 0.111. The van der Waals surface area contributed by atoms with Gasteiger partial charge in [0.25, 0.3) is 0 Å². The average Bonchev–Trinajstić information content (AvgIpc) is 2.60. The highest BCUT2D eigenvalue weighted by Crippen LogP contribution is 2.13. The second-order valence-corrected chi connectivity index (χ2v) is 5.26. The zero-order valence-electron chi connectivity index (χ0n) is 13.0. The first-order chi connectivity index (χ1) is 11.7. The maximum absolute atomic E-state index is 12.8. The van der Waals surface area contributed by atoms with E-state index in [1.165, 1.54) is 12.1 Å². The summed E-state index contributed by atoms with van der Waals surface area (Å²) in [7, 11) is 0. The molecule has 4 nitrogen and oxygen atoms in total. The van der Waals surface area contributed by atoms with Gasteiger partial charge in [0.05, 0.1) is 6.21 Å². The Morgan fingerprint density at radius 3 is 2.54 bits per heavy atom. The smallest absolute Gasteiger partial charge is 0.187 e. The normalized spacial score (nSPS) is 10.4. The largest absolute Gasteiger partial charge is 0.489 e. The Morgan fingerprint density at radius 1 is 1.17 bits per heavy atom. The lowest BCUT2D eigenvalue weighted by Crippen LogP contribution is -2.31. The number of rotatable bonds is 7. The molecule has 0 atom stereocenters. The summed E-state index contributed by atoms with van der Waals surface area (Å²) in [5.74, 6) is 0.475. The first-order valence-electron chi connectivity index (χ1n) is 7.32. The van der Waals surface area contributed by atoms with Crippen LogP contribution in [0, 0.1) is 5.82 Å². The number of nitrogens with zero attached hydrogens (tertiary/aromatic N) is 1. The van der Waals surface area contributed by atoms with E-state index in [-0.39, 0.29) is 5.82 Å². The van der Waals surface area contributed by atoms with Crippen LogP contribution in [-0.4, -0.2) is 17.9 Å². The number of hydrogen-bond donors (Lipinski definition) is 2. The Kier molecular flexibility index (Phi) is 6.91. The Hall–Kier alpha value is -2.73. The molecule has 0 aliphatic rings. The van der Waals surface area contributed by atoms with Crippen molar-refractivity contribution < 1.29 is 9.13 Å². The fourth-order valence-electron chi connectivity index (χ4n) is 1.77. The third-order valence-corrected chi connectivity index (χ3v) is 3.22. The molecule has 0 aliphatic heterocycles. The van der Waals surface area contributed by atoms with Crippen molar-refractivity contribution in [3.8, 4) is 5.75 Å². The highest BCUT2D eigenvalue weighted by Gasteiger charge is 1.97. The molecule has 2 N–H and O–H groups in total. The molecule has 0 unspecified atom stereocenters. The summed E-state index contributed by atoms with van der Waals surface area (Å²) >= 11 is 5.02. The summed E-state index contributed by atoms with van der Waals surface area (Å²) in [5.41, 5.74) is 4.53. The van der Waals surface area contributed by atoms with Crippen LogP contribution in [0.3, 0.4) is 0 Å². The van der Waals surface area contributed by atoms with Crippen molar-refractivity contribution in [2.24, 2.45) is 5.10 Å². The summed E-state index contributed by atoms with van der Waals surface area (Å²) in [6.45, 7) is 4.56. The Bertz CT molecular complexity index is 699. The van der Waals surface area contributed by atoms with Gasteiger partial charge in [0.15, 0.2) is 5.11 Å². The van der Waals surface area contributed by atoms with Crippen LogP contribution < -0.4 is 15.5 Å². The van der Waals surface area contributed by atoms with E-state index in [0.717, 1.165) is 16.9 Å². The SMILES string of the molecule is C=CCNC(=S)NN=Cc1ccc(OCc2ccc(F)cc2)cc1. The molecule has 2 aromatic rings. The van der Waals surface area contributed by atoms with Gasteiger partial charge in [-0.15, -0.1) is 6.58 Å². The lowest BCUT2D eigenvalue weighted by Gasteiger charge is -2.06. The van der Waals surface area contributed by atoms with Crippen LogP contribution in [0.5, 0.6) is 5.75 Å². The van der Waals surface area contributed by atoms with Gasteiger partial charge in [-0.05, 0) is 59.7 Å². The number of halogens is 1. The number of nitrogens with one attached hydrogen (secondary N) is 2. The van der Waals surface area contributed by atoms with E-state index in [1.807, 2.05) is 24.3 Å². The highest BCUT2D eigenvalue weighted by atomic mass is 32.1. The van der Waals surface area contributed by atoms with Gasteiger partial charge in [-0.2, -0.15) is 5.10 Å². The molecule has 2 aromatic carbocycles. The topological polar surface area (TPSA) is 45.7 Å². The predicted octanol–water partition coefficient (Wildman–Crippen LogP) is 3.39. The summed E-state index contributed by atoms with van der Waals surface area (Å²) in [4.78, 5) is 0. The first-order valence-corrected chi connectivity index (χ1v) is 7.73. The summed E-state index contributed by atoms with van der Waals surface area (Å²) in [6, 6.07) is 13.7. The van der Waals surface area contributed by atoms with Gasteiger partial charge in [0.1, 0.15) is 18.2 Å². The second-order valence-electron chi connectivity index (χ2n) is 4.85. The summed E-state index contributed by atoms with van der Waals surface area (Å²) in [6.07, 6.45) is 3.37. The molecule has 2 rings (SSSR count). The number of ether oxygens (including phenoxy) is 1. The van der Waals surface area contributed by atoms with E-state index in [2.05, 4.69) is 22.4 Å². The van der Waals surface area contributed by atoms with Crippen molar-refractivity contribution in [2.45, 2.75) is 6.61 Å². The zero-order chi connectivity index (χ0) is 17.2. The van der Waals surface area contributed by atoms with Crippen LogP contribution in [0.15, 0.2) is 66.3 Å². The maximum atomic E-state index is 12.8. The molecule has 124 valence electrons. The third kappa shape index (κ3) is 6.18. The third-order valence-electron chi connectivity index (χ3n) is 2.99. The maximum Gasteiger partial charge on any atom is 0.187 e. The Labute approximate surface area is 146 Å². The van der Waals surface area contributed by atoms with E-state index in [1.54, 1.807) is 24.4 Å². The van der Waals surface area contributed by atoms with Crippen LogP contribution in [0.2, 0.25) is 0 Å². The molecular weight excluding hydrogens is 325 g/mol. The molecule has 24 heavy (non-hydrogen) atoms. The highest BCUT2D eigenvalue weighted by molar-refractivity contribution is 7.80. The van der Waals surface area contributed by atoms with Crippen molar-refractivity contribution in [1.82, 2.24) is 10.7 Å². The van der Waals surface area contributed by atoms with Crippen LogP contribution in [0.25, 0.3) is 0 Å². The number of hydrogen-bond acceptors (Lipinski definition) is 3. The molecule has 0 saturated carbocycles. The van der Waals surface area contributed by atoms with E-state index in [9.17, 15) is 4.39 Å².